The van der Waals surface area contributed by atoms with Gasteiger partial charge in [-0.1, -0.05) is 35.2 Å². The van der Waals surface area contributed by atoms with Crippen molar-refractivity contribution in [1.29, 1.82) is 0 Å². The summed E-state index contributed by atoms with van der Waals surface area (Å²) in [6.45, 7) is 1.04. The number of halogens is 1. The molecule has 0 saturated heterocycles. The number of H-pyrrole nitrogens is 1. The van der Waals surface area contributed by atoms with Crippen LogP contribution in [0.5, 0.6) is 0 Å². The van der Waals surface area contributed by atoms with Gasteiger partial charge in [-0.2, -0.15) is 0 Å². The number of rotatable bonds is 3. The molecular weight excluding hydrogens is 296 g/mol. The van der Waals surface area contributed by atoms with E-state index in [1.54, 1.807) is 0 Å². The molecule has 1 aliphatic rings. The molecule has 0 radical (unpaired) electrons. The molecule has 2 nitrogen and oxygen atoms in total. The highest BCUT2D eigenvalue weighted by Crippen LogP contribution is 2.30. The molecular formula is C13H15BrN2S. The summed E-state index contributed by atoms with van der Waals surface area (Å²) >= 11 is 8.91. The third-order valence-electron chi connectivity index (χ3n) is 3.72. The van der Waals surface area contributed by atoms with Crippen LogP contribution in [0.1, 0.15) is 25.7 Å². The van der Waals surface area contributed by atoms with Gasteiger partial charge in [0, 0.05) is 11.0 Å². The average Bonchev–Trinajstić information content (AvgIpc) is 2.53. The lowest BCUT2D eigenvalue weighted by Crippen LogP contribution is -2.13. The summed E-state index contributed by atoms with van der Waals surface area (Å²) in [5.41, 5.74) is 2.34. The number of hydrogen-bond donors (Lipinski definition) is 1. The minimum absolute atomic E-state index is 0.845. The number of hydrogen-bond acceptors (Lipinski definition) is 1. The van der Waals surface area contributed by atoms with Gasteiger partial charge in [0.1, 0.15) is 0 Å². The molecule has 1 heterocycles. The maximum Gasteiger partial charge on any atom is 0.178 e. The monoisotopic (exact) mass is 310 g/mol. The SMILES string of the molecule is S=c1[nH]c2ccc(Br)cc2n1CCC1CCC1. The van der Waals surface area contributed by atoms with Gasteiger partial charge in [-0.05, 0) is 42.8 Å². The van der Waals surface area contributed by atoms with E-state index in [9.17, 15) is 0 Å². The van der Waals surface area contributed by atoms with Gasteiger partial charge in [0.25, 0.3) is 0 Å². The Hall–Kier alpha value is -0.610. The number of aromatic nitrogens is 2. The summed E-state index contributed by atoms with van der Waals surface area (Å²) in [7, 11) is 0. The van der Waals surface area contributed by atoms with Crippen molar-refractivity contribution in [2.75, 3.05) is 0 Å². The first-order valence-corrected chi connectivity index (χ1v) is 7.32. The van der Waals surface area contributed by atoms with Crippen molar-refractivity contribution in [2.45, 2.75) is 32.2 Å². The molecule has 1 aromatic heterocycles. The molecule has 2 aromatic rings. The third kappa shape index (κ3) is 2.20. The second-order valence-corrected chi connectivity index (χ2v) is 6.13. The van der Waals surface area contributed by atoms with Crippen LogP contribution in [0.4, 0.5) is 0 Å². The summed E-state index contributed by atoms with van der Waals surface area (Å²) in [6, 6.07) is 6.27. The summed E-state index contributed by atoms with van der Waals surface area (Å²) in [6.07, 6.45) is 5.47. The van der Waals surface area contributed by atoms with Gasteiger partial charge in [0.2, 0.25) is 0 Å². The highest BCUT2D eigenvalue weighted by atomic mass is 79.9. The number of nitrogens with one attached hydrogen (secondary N) is 1. The minimum Gasteiger partial charge on any atom is -0.331 e. The Morgan fingerprint density at radius 2 is 2.24 bits per heavy atom. The minimum atomic E-state index is 0.845. The van der Waals surface area contributed by atoms with E-state index >= 15 is 0 Å². The van der Waals surface area contributed by atoms with Gasteiger partial charge in [0.15, 0.2) is 4.77 Å². The lowest BCUT2D eigenvalue weighted by atomic mass is 9.83. The summed E-state index contributed by atoms with van der Waals surface area (Å²) < 4.78 is 4.18. The molecule has 0 amide bonds. The normalized spacial score (nSPS) is 16.3. The van der Waals surface area contributed by atoms with Crippen molar-refractivity contribution in [3.8, 4) is 0 Å². The molecule has 17 heavy (non-hydrogen) atoms. The molecule has 0 spiro atoms. The second kappa shape index (κ2) is 4.58. The summed E-state index contributed by atoms with van der Waals surface area (Å²) in [4.78, 5) is 3.27. The maximum atomic E-state index is 5.39. The van der Waals surface area contributed by atoms with Gasteiger partial charge in [-0.25, -0.2) is 0 Å². The highest BCUT2D eigenvalue weighted by molar-refractivity contribution is 9.10. The fourth-order valence-corrected chi connectivity index (χ4v) is 3.09. The van der Waals surface area contributed by atoms with Crippen LogP contribution >= 0.6 is 28.1 Å². The van der Waals surface area contributed by atoms with Crippen LogP contribution < -0.4 is 0 Å². The van der Waals surface area contributed by atoms with E-state index in [4.69, 9.17) is 12.2 Å². The second-order valence-electron chi connectivity index (χ2n) is 4.83. The summed E-state index contributed by atoms with van der Waals surface area (Å²) in [5, 5.41) is 0. The van der Waals surface area contributed by atoms with Crippen molar-refractivity contribution < 1.29 is 0 Å². The molecule has 1 aromatic carbocycles. The fourth-order valence-electron chi connectivity index (χ4n) is 2.44. The number of aryl methyl sites for hydroxylation is 1. The van der Waals surface area contributed by atoms with E-state index in [0.29, 0.717) is 0 Å². The Morgan fingerprint density at radius 3 is 2.94 bits per heavy atom. The van der Waals surface area contributed by atoms with Gasteiger partial charge >= 0.3 is 0 Å². The van der Waals surface area contributed by atoms with Crippen LogP contribution in [0, 0.1) is 10.7 Å². The van der Waals surface area contributed by atoms with E-state index in [1.807, 2.05) is 6.07 Å². The van der Waals surface area contributed by atoms with Crippen LogP contribution in [0.3, 0.4) is 0 Å². The average molecular weight is 311 g/mol. The van der Waals surface area contributed by atoms with E-state index in [1.165, 1.54) is 31.2 Å². The van der Waals surface area contributed by atoms with E-state index in [-0.39, 0.29) is 0 Å². The van der Waals surface area contributed by atoms with Crippen LogP contribution in [0.2, 0.25) is 0 Å². The molecule has 0 bridgehead atoms. The topological polar surface area (TPSA) is 20.7 Å². The fraction of sp³-hybridized carbons (Fsp3) is 0.462. The molecule has 1 aliphatic carbocycles. The Kier molecular flexibility index (Phi) is 3.09. The molecule has 0 aliphatic heterocycles. The van der Waals surface area contributed by atoms with Crippen molar-refractivity contribution in [3.05, 3.63) is 27.4 Å². The first kappa shape index (κ1) is 11.5. The zero-order chi connectivity index (χ0) is 11.8. The number of imidazole rings is 1. The Bertz CT molecular complexity index is 595. The standard InChI is InChI=1S/C13H15BrN2S/c14-10-4-5-11-12(8-10)16(13(17)15-11)7-6-9-2-1-3-9/h4-5,8-9H,1-3,6-7H2,(H,15,17). The van der Waals surface area contributed by atoms with E-state index < -0.39 is 0 Å². The zero-order valence-electron chi connectivity index (χ0n) is 9.58. The molecule has 0 atom stereocenters. The predicted octanol–water partition coefficient (Wildman–Crippen LogP) is 4.65. The van der Waals surface area contributed by atoms with Crippen molar-refractivity contribution in [3.63, 3.8) is 0 Å². The van der Waals surface area contributed by atoms with E-state index in [2.05, 4.69) is 37.6 Å². The van der Waals surface area contributed by atoms with Gasteiger partial charge < -0.3 is 9.55 Å². The van der Waals surface area contributed by atoms with Crippen molar-refractivity contribution >= 4 is 39.2 Å². The maximum absolute atomic E-state index is 5.39. The van der Waals surface area contributed by atoms with Gasteiger partial charge in [-0.3, -0.25) is 0 Å². The molecule has 4 heteroatoms. The molecule has 1 saturated carbocycles. The smallest absolute Gasteiger partial charge is 0.178 e. The largest absolute Gasteiger partial charge is 0.331 e. The van der Waals surface area contributed by atoms with Gasteiger partial charge in [-0.15, -0.1) is 0 Å². The molecule has 1 N–H and O–H groups in total. The lowest BCUT2D eigenvalue weighted by molar-refractivity contribution is 0.283. The van der Waals surface area contributed by atoms with Crippen LogP contribution in [-0.4, -0.2) is 9.55 Å². The molecule has 1 fully saturated rings. The van der Waals surface area contributed by atoms with Crippen LogP contribution in [-0.2, 0) is 6.54 Å². The quantitative estimate of drug-likeness (QED) is 0.818. The number of benzene rings is 1. The lowest BCUT2D eigenvalue weighted by Gasteiger charge is -2.25. The Balaban J connectivity index is 1.93. The van der Waals surface area contributed by atoms with Crippen molar-refractivity contribution in [2.24, 2.45) is 5.92 Å². The third-order valence-corrected chi connectivity index (χ3v) is 4.54. The molecule has 0 unspecified atom stereocenters. The van der Waals surface area contributed by atoms with Gasteiger partial charge in [0.05, 0.1) is 11.0 Å². The molecule has 90 valence electrons. The number of nitrogens with zero attached hydrogens (tertiary/aromatic N) is 1. The zero-order valence-corrected chi connectivity index (χ0v) is 12.0. The summed E-state index contributed by atoms with van der Waals surface area (Å²) in [5.74, 6) is 0.925. The highest BCUT2D eigenvalue weighted by Gasteiger charge is 2.17. The Morgan fingerprint density at radius 1 is 1.41 bits per heavy atom. The molecule has 3 rings (SSSR count). The number of aromatic amines is 1. The first-order valence-electron chi connectivity index (χ1n) is 6.12. The Labute approximate surface area is 114 Å². The first-order chi connectivity index (χ1) is 8.24. The van der Waals surface area contributed by atoms with Crippen LogP contribution in [0.15, 0.2) is 22.7 Å². The van der Waals surface area contributed by atoms with Crippen LogP contribution in [0.25, 0.3) is 11.0 Å². The van der Waals surface area contributed by atoms with Crippen molar-refractivity contribution in [1.82, 2.24) is 9.55 Å². The predicted molar refractivity (Wildman–Crippen MR) is 76.8 cm³/mol. The van der Waals surface area contributed by atoms with E-state index in [0.717, 1.165) is 27.2 Å². The number of fused-ring (bicyclic) bond motifs is 1.